The molecule has 0 bridgehead atoms. The molecule has 0 aliphatic carbocycles. The van der Waals surface area contributed by atoms with Gasteiger partial charge in [0.25, 0.3) is 0 Å². The summed E-state index contributed by atoms with van der Waals surface area (Å²) >= 11 is 0. The van der Waals surface area contributed by atoms with Crippen LogP contribution in [0.25, 0.3) is 0 Å². The van der Waals surface area contributed by atoms with Crippen molar-refractivity contribution in [2.24, 2.45) is 0 Å². The van der Waals surface area contributed by atoms with Crippen molar-refractivity contribution < 1.29 is 9.18 Å². The second-order valence-electron chi connectivity index (χ2n) is 6.35. The number of hydrogen-bond donors (Lipinski definition) is 0. The van der Waals surface area contributed by atoms with Crippen molar-refractivity contribution in [2.45, 2.75) is 18.9 Å². The van der Waals surface area contributed by atoms with Gasteiger partial charge in [-0.25, -0.2) is 4.39 Å². The average Bonchev–Trinajstić information content (AvgIpc) is 2.68. The van der Waals surface area contributed by atoms with Crippen molar-refractivity contribution in [1.29, 1.82) is 0 Å². The Balaban J connectivity index is 1.83. The smallest absolute Gasteiger partial charge is 0.230 e. The first-order valence-electron chi connectivity index (χ1n) is 8.57. The minimum atomic E-state index is -0.381. The van der Waals surface area contributed by atoms with Gasteiger partial charge in [0.1, 0.15) is 5.82 Å². The summed E-state index contributed by atoms with van der Waals surface area (Å²) in [6, 6.07) is 19.8. The molecule has 0 saturated heterocycles. The fraction of sp³-hybridized carbons (Fsp3) is 0.182. The molecule has 132 valence electrons. The van der Waals surface area contributed by atoms with Crippen LogP contribution in [0.2, 0.25) is 0 Å². The summed E-state index contributed by atoms with van der Waals surface area (Å²) in [6.07, 6.45) is 4.00. The van der Waals surface area contributed by atoms with E-state index in [-0.39, 0.29) is 17.6 Å². The molecule has 4 heteroatoms. The number of amides is 1. The van der Waals surface area contributed by atoms with E-state index in [1.54, 1.807) is 36.5 Å². The SMILES string of the molecule is CN(Cc1ccccc1)C(=O)C(Cc1cccnc1)c1ccc(F)cc1. The molecule has 26 heavy (non-hydrogen) atoms. The summed E-state index contributed by atoms with van der Waals surface area (Å²) in [7, 11) is 1.80. The number of carbonyl (C=O) groups is 1. The van der Waals surface area contributed by atoms with Crippen molar-refractivity contribution in [2.75, 3.05) is 7.05 Å². The molecule has 1 amide bonds. The van der Waals surface area contributed by atoms with Crippen LogP contribution in [-0.2, 0) is 17.8 Å². The van der Waals surface area contributed by atoms with Gasteiger partial charge in [0.15, 0.2) is 0 Å². The highest BCUT2D eigenvalue weighted by molar-refractivity contribution is 5.84. The van der Waals surface area contributed by atoms with Crippen LogP contribution in [0.5, 0.6) is 0 Å². The number of likely N-dealkylation sites (N-methyl/N-ethyl adjacent to an activating group) is 1. The fourth-order valence-corrected chi connectivity index (χ4v) is 3.00. The third-order valence-corrected chi connectivity index (χ3v) is 4.37. The molecule has 2 aromatic carbocycles. The number of carbonyl (C=O) groups excluding carboxylic acids is 1. The molecule has 1 heterocycles. The van der Waals surface area contributed by atoms with Gasteiger partial charge in [-0.05, 0) is 41.3 Å². The minimum absolute atomic E-state index is 0.00399. The highest BCUT2D eigenvalue weighted by Gasteiger charge is 2.24. The molecule has 0 saturated carbocycles. The van der Waals surface area contributed by atoms with Crippen LogP contribution in [0.4, 0.5) is 4.39 Å². The van der Waals surface area contributed by atoms with Crippen LogP contribution in [0.15, 0.2) is 79.1 Å². The van der Waals surface area contributed by atoms with Crippen LogP contribution in [0, 0.1) is 5.82 Å². The first kappa shape index (κ1) is 17.8. The molecule has 0 radical (unpaired) electrons. The van der Waals surface area contributed by atoms with E-state index in [4.69, 9.17) is 0 Å². The zero-order valence-corrected chi connectivity index (χ0v) is 14.7. The van der Waals surface area contributed by atoms with Gasteiger partial charge in [0, 0.05) is 26.0 Å². The number of halogens is 1. The molecule has 0 aliphatic heterocycles. The van der Waals surface area contributed by atoms with Crippen LogP contribution in [0.1, 0.15) is 22.6 Å². The van der Waals surface area contributed by atoms with Gasteiger partial charge in [0.05, 0.1) is 5.92 Å². The van der Waals surface area contributed by atoms with Gasteiger partial charge in [0.2, 0.25) is 5.91 Å². The maximum Gasteiger partial charge on any atom is 0.230 e. The highest BCUT2D eigenvalue weighted by atomic mass is 19.1. The maximum atomic E-state index is 13.3. The normalized spacial score (nSPS) is 11.8. The van der Waals surface area contributed by atoms with Crippen molar-refractivity contribution in [3.8, 4) is 0 Å². The molecule has 0 spiro atoms. The van der Waals surface area contributed by atoms with Gasteiger partial charge in [-0.3, -0.25) is 9.78 Å². The van der Waals surface area contributed by atoms with Crippen LogP contribution < -0.4 is 0 Å². The highest BCUT2D eigenvalue weighted by Crippen LogP contribution is 2.24. The average molecular weight is 348 g/mol. The van der Waals surface area contributed by atoms with Crippen LogP contribution in [-0.4, -0.2) is 22.8 Å². The Bertz CT molecular complexity index is 835. The molecule has 3 rings (SSSR count). The third-order valence-electron chi connectivity index (χ3n) is 4.37. The molecular formula is C22H21FN2O. The molecular weight excluding hydrogens is 327 g/mol. The lowest BCUT2D eigenvalue weighted by Gasteiger charge is -2.24. The molecule has 0 aliphatic rings. The topological polar surface area (TPSA) is 33.2 Å². The largest absolute Gasteiger partial charge is 0.341 e. The van der Waals surface area contributed by atoms with E-state index in [9.17, 15) is 9.18 Å². The number of benzene rings is 2. The lowest BCUT2D eigenvalue weighted by atomic mass is 9.91. The van der Waals surface area contributed by atoms with Crippen molar-refractivity contribution in [3.63, 3.8) is 0 Å². The van der Waals surface area contributed by atoms with Gasteiger partial charge in [-0.2, -0.15) is 0 Å². The van der Waals surface area contributed by atoms with E-state index in [1.807, 2.05) is 42.5 Å². The number of aromatic nitrogens is 1. The lowest BCUT2D eigenvalue weighted by molar-refractivity contribution is -0.132. The van der Waals surface area contributed by atoms with Crippen LogP contribution >= 0.6 is 0 Å². The van der Waals surface area contributed by atoms with Crippen molar-refractivity contribution in [3.05, 3.63) is 102 Å². The summed E-state index contributed by atoms with van der Waals surface area (Å²) in [6.45, 7) is 0.532. The summed E-state index contributed by atoms with van der Waals surface area (Å²) in [5.41, 5.74) is 2.85. The van der Waals surface area contributed by atoms with E-state index in [0.717, 1.165) is 16.7 Å². The minimum Gasteiger partial charge on any atom is -0.341 e. The molecule has 3 nitrogen and oxygen atoms in total. The Kier molecular flexibility index (Phi) is 5.74. The van der Waals surface area contributed by atoms with E-state index < -0.39 is 0 Å². The molecule has 1 aromatic heterocycles. The standard InChI is InChI=1S/C22H21FN2O/c1-25(16-17-6-3-2-4-7-17)22(26)21(14-18-8-5-13-24-15-18)19-9-11-20(23)12-10-19/h2-13,15,21H,14,16H2,1H3. The van der Waals surface area contributed by atoms with Gasteiger partial charge >= 0.3 is 0 Å². The number of hydrogen-bond acceptors (Lipinski definition) is 2. The zero-order valence-electron chi connectivity index (χ0n) is 14.7. The molecule has 1 unspecified atom stereocenters. The second kappa shape index (κ2) is 8.39. The first-order valence-corrected chi connectivity index (χ1v) is 8.57. The van der Waals surface area contributed by atoms with E-state index in [1.165, 1.54) is 12.1 Å². The maximum absolute atomic E-state index is 13.3. The molecule has 0 fully saturated rings. The van der Waals surface area contributed by atoms with Crippen LogP contribution in [0.3, 0.4) is 0 Å². The number of nitrogens with zero attached hydrogens (tertiary/aromatic N) is 2. The predicted octanol–water partition coefficient (Wildman–Crippen LogP) is 4.21. The number of pyridine rings is 1. The lowest BCUT2D eigenvalue weighted by Crippen LogP contribution is -2.32. The Morgan fingerprint density at radius 3 is 2.35 bits per heavy atom. The van der Waals surface area contributed by atoms with E-state index in [2.05, 4.69) is 4.98 Å². The summed E-state index contributed by atoms with van der Waals surface area (Å²) in [4.78, 5) is 19.0. The van der Waals surface area contributed by atoms with E-state index in [0.29, 0.717) is 13.0 Å². The zero-order chi connectivity index (χ0) is 18.4. The van der Waals surface area contributed by atoms with Crippen molar-refractivity contribution >= 4 is 5.91 Å². The monoisotopic (exact) mass is 348 g/mol. The van der Waals surface area contributed by atoms with Gasteiger partial charge in [-0.1, -0.05) is 48.5 Å². The molecule has 1 atom stereocenters. The summed E-state index contributed by atoms with van der Waals surface area (Å²) < 4.78 is 13.3. The Morgan fingerprint density at radius 1 is 1.00 bits per heavy atom. The summed E-state index contributed by atoms with van der Waals surface area (Å²) in [5.74, 6) is -0.684. The van der Waals surface area contributed by atoms with E-state index >= 15 is 0 Å². The quantitative estimate of drug-likeness (QED) is 0.669. The molecule has 0 N–H and O–H groups in total. The first-order chi connectivity index (χ1) is 12.6. The number of rotatable bonds is 6. The molecule has 3 aromatic rings. The third kappa shape index (κ3) is 4.54. The predicted molar refractivity (Wildman–Crippen MR) is 100.0 cm³/mol. The Morgan fingerprint density at radius 2 is 1.69 bits per heavy atom. The van der Waals surface area contributed by atoms with Gasteiger partial charge in [-0.15, -0.1) is 0 Å². The summed E-state index contributed by atoms with van der Waals surface area (Å²) in [5, 5.41) is 0. The second-order valence-corrected chi connectivity index (χ2v) is 6.35. The Labute approximate surface area is 153 Å². The fourth-order valence-electron chi connectivity index (χ4n) is 3.00. The van der Waals surface area contributed by atoms with Crippen molar-refractivity contribution in [1.82, 2.24) is 9.88 Å². The van der Waals surface area contributed by atoms with Gasteiger partial charge < -0.3 is 4.90 Å². The Hall–Kier alpha value is -3.01.